The highest BCUT2D eigenvalue weighted by atomic mass is 16.6. The Balaban J connectivity index is 2.53. The van der Waals surface area contributed by atoms with Crippen LogP contribution in [0.4, 0.5) is 4.79 Å². The number of nitrogens with one attached hydrogen (secondary N) is 3. The van der Waals surface area contributed by atoms with E-state index in [1.165, 1.54) is 6.21 Å². The highest BCUT2D eigenvalue weighted by Gasteiger charge is 2.43. The van der Waals surface area contributed by atoms with E-state index in [-0.39, 0.29) is 17.6 Å². The summed E-state index contributed by atoms with van der Waals surface area (Å²) < 4.78 is 5.33. The summed E-state index contributed by atoms with van der Waals surface area (Å²) in [6.45, 7) is 10.6. The van der Waals surface area contributed by atoms with Gasteiger partial charge in [0.15, 0.2) is 0 Å². The SMILES string of the molecule is CC(C)(C)OC(=O)N[C@@H]1CC[C@H](CN/N=C\C=N)C1(C)C. The average Bonchev–Trinajstić information content (AvgIpc) is 2.59. The third kappa shape index (κ3) is 5.36. The molecule has 1 amide bonds. The first kappa shape index (κ1) is 17.5. The quantitative estimate of drug-likeness (QED) is 0.538. The van der Waals surface area contributed by atoms with Crippen LogP contribution in [0.2, 0.25) is 0 Å². The number of hydrogen-bond acceptors (Lipinski definition) is 5. The van der Waals surface area contributed by atoms with E-state index in [2.05, 4.69) is 29.7 Å². The number of rotatable bonds is 5. The molecule has 3 N–H and O–H groups in total. The number of ether oxygens (including phenoxy) is 1. The summed E-state index contributed by atoms with van der Waals surface area (Å²) in [4.78, 5) is 11.9. The number of amides is 1. The molecular formula is C15H28N4O2. The monoisotopic (exact) mass is 296 g/mol. The van der Waals surface area contributed by atoms with Crippen molar-refractivity contribution in [3.8, 4) is 0 Å². The highest BCUT2D eigenvalue weighted by molar-refractivity contribution is 6.14. The maximum Gasteiger partial charge on any atom is 0.407 e. The van der Waals surface area contributed by atoms with Crippen LogP contribution >= 0.6 is 0 Å². The Hall–Kier alpha value is -1.59. The Morgan fingerprint density at radius 3 is 2.67 bits per heavy atom. The number of carbonyl (C=O) groups is 1. The second-order valence-corrected chi connectivity index (χ2v) is 7.10. The van der Waals surface area contributed by atoms with Crippen LogP contribution in [-0.2, 0) is 4.74 Å². The Morgan fingerprint density at radius 2 is 2.10 bits per heavy atom. The van der Waals surface area contributed by atoms with Crippen molar-refractivity contribution < 1.29 is 9.53 Å². The van der Waals surface area contributed by atoms with Gasteiger partial charge < -0.3 is 20.9 Å². The Morgan fingerprint density at radius 1 is 1.43 bits per heavy atom. The minimum Gasteiger partial charge on any atom is -0.444 e. The van der Waals surface area contributed by atoms with Gasteiger partial charge in [-0.2, -0.15) is 5.10 Å². The van der Waals surface area contributed by atoms with Crippen LogP contribution < -0.4 is 10.7 Å². The number of hydrogen-bond donors (Lipinski definition) is 3. The second kappa shape index (κ2) is 6.91. The van der Waals surface area contributed by atoms with Crippen LogP contribution in [0.3, 0.4) is 0 Å². The average molecular weight is 296 g/mol. The zero-order valence-corrected chi connectivity index (χ0v) is 13.7. The summed E-state index contributed by atoms with van der Waals surface area (Å²) in [5, 5.41) is 13.8. The number of nitrogens with zero attached hydrogens (tertiary/aromatic N) is 1. The highest BCUT2D eigenvalue weighted by Crippen LogP contribution is 2.42. The fourth-order valence-corrected chi connectivity index (χ4v) is 2.72. The second-order valence-electron chi connectivity index (χ2n) is 7.10. The summed E-state index contributed by atoms with van der Waals surface area (Å²) in [5.74, 6) is 0.417. The number of hydrazone groups is 1. The molecule has 0 unspecified atom stereocenters. The molecule has 120 valence electrons. The molecule has 6 heteroatoms. The third-order valence-electron chi connectivity index (χ3n) is 4.02. The van der Waals surface area contributed by atoms with Gasteiger partial charge in [-0.15, -0.1) is 0 Å². The van der Waals surface area contributed by atoms with Crippen LogP contribution in [0.25, 0.3) is 0 Å². The van der Waals surface area contributed by atoms with Crippen LogP contribution in [0.5, 0.6) is 0 Å². The van der Waals surface area contributed by atoms with E-state index in [1.54, 1.807) is 0 Å². The van der Waals surface area contributed by atoms with Crippen molar-refractivity contribution in [1.82, 2.24) is 10.7 Å². The molecule has 1 aliphatic rings. The molecule has 1 saturated carbocycles. The molecule has 1 rings (SSSR count). The fourth-order valence-electron chi connectivity index (χ4n) is 2.72. The Bertz CT molecular complexity index is 399. The Kier molecular flexibility index (Phi) is 5.75. The van der Waals surface area contributed by atoms with Gasteiger partial charge >= 0.3 is 6.09 Å². The third-order valence-corrected chi connectivity index (χ3v) is 4.02. The molecule has 0 radical (unpaired) electrons. The van der Waals surface area contributed by atoms with Gasteiger partial charge in [0.05, 0.1) is 6.21 Å². The molecule has 0 saturated heterocycles. The minimum atomic E-state index is -0.477. The lowest BCUT2D eigenvalue weighted by atomic mass is 9.79. The molecule has 1 fully saturated rings. The van der Waals surface area contributed by atoms with Gasteiger partial charge in [-0.05, 0) is 44.9 Å². The Labute approximate surface area is 127 Å². The van der Waals surface area contributed by atoms with Gasteiger partial charge in [0.2, 0.25) is 0 Å². The molecule has 0 aromatic heterocycles. The van der Waals surface area contributed by atoms with Crippen molar-refractivity contribution in [2.45, 2.75) is 59.1 Å². The van der Waals surface area contributed by atoms with Gasteiger partial charge in [0.25, 0.3) is 0 Å². The van der Waals surface area contributed by atoms with Crippen LogP contribution in [-0.4, -0.2) is 36.7 Å². The normalized spacial score (nSPS) is 24.8. The summed E-state index contributed by atoms with van der Waals surface area (Å²) >= 11 is 0. The van der Waals surface area contributed by atoms with Gasteiger partial charge in [-0.1, -0.05) is 13.8 Å². The number of carbonyl (C=O) groups excluding carboxylic acids is 1. The van der Waals surface area contributed by atoms with Crippen molar-refractivity contribution in [2.75, 3.05) is 6.54 Å². The van der Waals surface area contributed by atoms with Crippen LogP contribution in [0.15, 0.2) is 5.10 Å². The molecule has 0 aromatic rings. The fraction of sp³-hybridized carbons (Fsp3) is 0.800. The van der Waals surface area contributed by atoms with Crippen molar-refractivity contribution in [2.24, 2.45) is 16.4 Å². The van der Waals surface area contributed by atoms with Crippen molar-refractivity contribution in [3.05, 3.63) is 0 Å². The van der Waals surface area contributed by atoms with E-state index < -0.39 is 5.60 Å². The van der Waals surface area contributed by atoms with Crippen LogP contribution in [0.1, 0.15) is 47.5 Å². The van der Waals surface area contributed by atoms with Gasteiger partial charge in [-0.3, -0.25) is 0 Å². The zero-order chi connectivity index (χ0) is 16.1. The molecule has 21 heavy (non-hydrogen) atoms. The predicted molar refractivity (Wildman–Crippen MR) is 84.9 cm³/mol. The van der Waals surface area contributed by atoms with E-state index in [0.29, 0.717) is 5.92 Å². The molecule has 1 aliphatic carbocycles. The first-order valence-electron chi connectivity index (χ1n) is 7.41. The van der Waals surface area contributed by atoms with E-state index >= 15 is 0 Å². The molecule has 0 aliphatic heterocycles. The van der Waals surface area contributed by atoms with Gasteiger partial charge in [0, 0.05) is 18.8 Å². The largest absolute Gasteiger partial charge is 0.444 e. The van der Waals surface area contributed by atoms with Gasteiger partial charge in [0.1, 0.15) is 5.60 Å². The summed E-state index contributed by atoms with van der Waals surface area (Å²) in [6, 6.07) is 0.103. The standard InChI is InChI=1S/C15H28N4O2/c1-14(2,3)21-13(20)19-12-7-6-11(15(12,4)5)10-18-17-9-8-16/h8-9,11-12,16,18H,6-7,10H2,1-5H3,(H,19,20)/b16-8?,17-9-/t11-,12-/m1/s1. The molecule has 0 aromatic carbocycles. The van der Waals surface area contributed by atoms with Gasteiger partial charge in [-0.25, -0.2) is 4.79 Å². The lowest BCUT2D eigenvalue weighted by molar-refractivity contribution is 0.0459. The zero-order valence-electron chi connectivity index (χ0n) is 13.7. The smallest absolute Gasteiger partial charge is 0.407 e. The minimum absolute atomic E-state index is 0.0237. The lowest BCUT2D eigenvalue weighted by Crippen LogP contribution is -2.46. The van der Waals surface area contributed by atoms with E-state index in [9.17, 15) is 4.79 Å². The van der Waals surface area contributed by atoms with Crippen LogP contribution in [0, 0.1) is 16.7 Å². The molecule has 0 heterocycles. The summed E-state index contributed by atoms with van der Waals surface area (Å²) in [5.41, 5.74) is 2.47. The first-order valence-corrected chi connectivity index (χ1v) is 7.41. The topological polar surface area (TPSA) is 86.6 Å². The first-order chi connectivity index (χ1) is 9.66. The molecular weight excluding hydrogens is 268 g/mol. The summed E-state index contributed by atoms with van der Waals surface area (Å²) in [6.07, 6.45) is 4.17. The van der Waals surface area contributed by atoms with Crippen molar-refractivity contribution in [1.29, 1.82) is 5.41 Å². The summed E-state index contributed by atoms with van der Waals surface area (Å²) in [7, 11) is 0. The number of alkyl carbamates (subject to hydrolysis) is 1. The molecule has 0 bridgehead atoms. The lowest BCUT2D eigenvalue weighted by Gasteiger charge is -2.33. The maximum atomic E-state index is 11.9. The van der Waals surface area contributed by atoms with E-state index in [0.717, 1.165) is 25.6 Å². The molecule has 6 nitrogen and oxygen atoms in total. The maximum absolute atomic E-state index is 11.9. The van der Waals surface area contributed by atoms with E-state index in [4.69, 9.17) is 10.1 Å². The van der Waals surface area contributed by atoms with E-state index in [1.807, 2.05) is 20.8 Å². The molecule has 2 atom stereocenters. The van der Waals surface area contributed by atoms with Crippen molar-refractivity contribution in [3.63, 3.8) is 0 Å². The predicted octanol–water partition coefficient (Wildman–Crippen LogP) is 2.54. The van der Waals surface area contributed by atoms with Crippen molar-refractivity contribution >= 4 is 18.5 Å². The molecule has 0 spiro atoms.